The van der Waals surface area contributed by atoms with E-state index in [4.69, 9.17) is 14.3 Å². The van der Waals surface area contributed by atoms with Gasteiger partial charge in [-0.3, -0.25) is 4.79 Å². The molecule has 1 N–H and O–H groups in total. The zero-order chi connectivity index (χ0) is 19.5. The van der Waals surface area contributed by atoms with Crippen molar-refractivity contribution < 1.29 is 19.1 Å². The number of aryl methyl sites for hydroxylation is 3. The third-order valence-electron chi connectivity index (χ3n) is 4.31. The molecule has 0 aliphatic heterocycles. The van der Waals surface area contributed by atoms with Crippen molar-refractivity contribution in [2.24, 2.45) is 0 Å². The average molecular weight is 389 g/mol. The second-order valence-corrected chi connectivity index (χ2v) is 7.40. The molecule has 0 bridgehead atoms. The van der Waals surface area contributed by atoms with E-state index in [1.54, 1.807) is 0 Å². The van der Waals surface area contributed by atoms with E-state index in [1.165, 1.54) is 5.56 Å². The number of carboxylic acid groups (broad SMARTS) is 1. The summed E-state index contributed by atoms with van der Waals surface area (Å²) in [6.07, 6.45) is 10.2. The van der Waals surface area contributed by atoms with E-state index in [9.17, 15) is 4.79 Å². The molecule has 0 spiro atoms. The van der Waals surface area contributed by atoms with E-state index >= 15 is 0 Å². The van der Waals surface area contributed by atoms with Gasteiger partial charge >= 0.3 is 5.97 Å². The predicted octanol–water partition coefficient (Wildman–Crippen LogP) is 4.71. The van der Waals surface area contributed by atoms with E-state index in [2.05, 4.69) is 23.4 Å². The summed E-state index contributed by atoms with van der Waals surface area (Å²) in [4.78, 5) is 15.0. The van der Waals surface area contributed by atoms with E-state index in [0.717, 1.165) is 76.0 Å². The molecule has 0 amide bonds. The largest absolute Gasteiger partial charge is 0.493 e. The molecule has 0 radical (unpaired) electrons. The Kier molecular flexibility index (Phi) is 9.06. The summed E-state index contributed by atoms with van der Waals surface area (Å²) in [5, 5.41) is 8.63. The first-order chi connectivity index (χ1) is 13.1. The number of carbonyl (C=O) groups is 1. The summed E-state index contributed by atoms with van der Waals surface area (Å²) < 4.78 is 11.5. The maximum atomic E-state index is 10.5. The van der Waals surface area contributed by atoms with Crippen molar-refractivity contribution in [2.45, 2.75) is 51.9 Å². The topological polar surface area (TPSA) is 72.6 Å². The highest BCUT2D eigenvalue weighted by atomic mass is 31.1. The van der Waals surface area contributed by atoms with Gasteiger partial charge in [-0.25, -0.2) is 4.98 Å². The van der Waals surface area contributed by atoms with Gasteiger partial charge in [0.1, 0.15) is 11.5 Å². The lowest BCUT2D eigenvalue weighted by atomic mass is 10.1. The molecule has 0 unspecified atom stereocenters. The molecule has 0 aliphatic rings. The van der Waals surface area contributed by atoms with Gasteiger partial charge in [0.2, 0.25) is 0 Å². The van der Waals surface area contributed by atoms with E-state index in [-0.39, 0.29) is 6.42 Å². The maximum Gasteiger partial charge on any atom is 0.303 e. The van der Waals surface area contributed by atoms with Crippen LogP contribution in [0.4, 0.5) is 0 Å². The normalized spacial score (nSPS) is 11.0. The zero-order valence-corrected chi connectivity index (χ0v) is 16.8. The SMILES string of the molecule is C=PCCc1nc(CCOc2ccc(CCCCCC(=O)O)cc2)c(C)o1. The first-order valence-corrected chi connectivity index (χ1v) is 10.7. The molecule has 5 nitrogen and oxygen atoms in total. The van der Waals surface area contributed by atoms with Crippen LogP contribution in [-0.4, -0.2) is 35.1 Å². The number of rotatable bonds is 13. The number of ether oxygens (including phenoxy) is 1. The molecule has 0 aliphatic carbocycles. The van der Waals surface area contributed by atoms with Gasteiger partial charge in [-0.1, -0.05) is 24.9 Å². The van der Waals surface area contributed by atoms with Crippen molar-refractivity contribution in [3.63, 3.8) is 0 Å². The Bertz CT molecular complexity index is 724. The molecule has 0 saturated carbocycles. The molecule has 27 heavy (non-hydrogen) atoms. The van der Waals surface area contributed by atoms with Crippen LogP contribution in [0.5, 0.6) is 5.75 Å². The van der Waals surface area contributed by atoms with Crippen molar-refractivity contribution in [1.29, 1.82) is 0 Å². The van der Waals surface area contributed by atoms with E-state index in [0.29, 0.717) is 6.61 Å². The minimum atomic E-state index is -0.716. The molecule has 146 valence electrons. The van der Waals surface area contributed by atoms with E-state index in [1.807, 2.05) is 19.1 Å². The first kappa shape index (κ1) is 21.2. The van der Waals surface area contributed by atoms with Gasteiger partial charge in [-0.05, 0) is 50.0 Å². The lowest BCUT2D eigenvalue weighted by molar-refractivity contribution is -0.137. The van der Waals surface area contributed by atoms with Crippen LogP contribution in [-0.2, 0) is 24.1 Å². The second kappa shape index (κ2) is 11.6. The van der Waals surface area contributed by atoms with Gasteiger partial charge in [-0.2, -0.15) is 0 Å². The Morgan fingerprint density at radius 1 is 1.19 bits per heavy atom. The molecule has 0 saturated heterocycles. The van der Waals surface area contributed by atoms with Gasteiger partial charge in [0.05, 0.1) is 12.3 Å². The smallest absolute Gasteiger partial charge is 0.303 e. The summed E-state index contributed by atoms with van der Waals surface area (Å²) in [7, 11) is 1.10. The van der Waals surface area contributed by atoms with Gasteiger partial charge < -0.3 is 14.3 Å². The number of nitrogens with zero attached hydrogens (tertiary/aromatic N) is 1. The molecule has 1 aromatic carbocycles. The number of unbranched alkanes of at least 4 members (excludes halogenated alkanes) is 2. The first-order valence-electron chi connectivity index (χ1n) is 9.39. The van der Waals surface area contributed by atoms with Crippen LogP contribution in [0.1, 0.15) is 48.6 Å². The van der Waals surface area contributed by atoms with Crippen LogP contribution >= 0.6 is 8.20 Å². The minimum absolute atomic E-state index is 0.259. The van der Waals surface area contributed by atoms with Crippen LogP contribution in [0.15, 0.2) is 28.7 Å². The lowest BCUT2D eigenvalue weighted by Crippen LogP contribution is -2.03. The molecule has 0 fully saturated rings. The van der Waals surface area contributed by atoms with Gasteiger partial charge in [0.15, 0.2) is 5.89 Å². The average Bonchev–Trinajstić information content (AvgIpc) is 3.00. The van der Waals surface area contributed by atoms with Crippen molar-refractivity contribution in [2.75, 3.05) is 12.8 Å². The standard InChI is InChI=1S/C21H28NO4P/c1-16-19(22-20(26-16)13-15-27-2)12-14-25-18-10-8-17(9-11-18)6-4-3-5-7-21(23)24/h8-11H,2-7,12-15H2,1H3,(H,23,24). The summed E-state index contributed by atoms with van der Waals surface area (Å²) in [5.41, 5.74) is 2.21. The third-order valence-corrected chi connectivity index (χ3v) is 4.85. The van der Waals surface area contributed by atoms with Crippen molar-refractivity contribution in [1.82, 2.24) is 4.98 Å². The number of hydrogen-bond donors (Lipinski definition) is 1. The molecule has 2 rings (SSSR count). The van der Waals surface area contributed by atoms with Gasteiger partial charge in [0.25, 0.3) is 0 Å². The van der Waals surface area contributed by atoms with Gasteiger partial charge in [0, 0.05) is 19.3 Å². The van der Waals surface area contributed by atoms with Crippen molar-refractivity contribution in [3.05, 3.63) is 47.2 Å². The Morgan fingerprint density at radius 2 is 1.96 bits per heavy atom. The number of aromatic nitrogens is 1. The highest BCUT2D eigenvalue weighted by Gasteiger charge is 2.09. The number of benzene rings is 1. The molecule has 2 aromatic rings. The van der Waals surface area contributed by atoms with E-state index < -0.39 is 5.97 Å². The summed E-state index contributed by atoms with van der Waals surface area (Å²) in [5.74, 6) is 1.78. The third kappa shape index (κ3) is 7.96. The van der Waals surface area contributed by atoms with Crippen LogP contribution < -0.4 is 4.74 Å². The van der Waals surface area contributed by atoms with Gasteiger partial charge in [-0.15, -0.1) is 8.20 Å². The molecule has 1 aromatic heterocycles. The number of carboxylic acids is 1. The van der Waals surface area contributed by atoms with Crippen molar-refractivity contribution in [3.8, 4) is 5.75 Å². The highest BCUT2D eigenvalue weighted by molar-refractivity contribution is 7.36. The fourth-order valence-electron chi connectivity index (χ4n) is 2.80. The van der Waals surface area contributed by atoms with Crippen LogP contribution in [0, 0.1) is 6.92 Å². The molecular weight excluding hydrogens is 361 g/mol. The fourth-order valence-corrected chi connectivity index (χ4v) is 3.15. The Morgan fingerprint density at radius 3 is 2.67 bits per heavy atom. The highest BCUT2D eigenvalue weighted by Crippen LogP contribution is 2.16. The fraction of sp³-hybridized carbons (Fsp3) is 0.476. The van der Waals surface area contributed by atoms with Crippen LogP contribution in [0.2, 0.25) is 0 Å². The molecule has 0 atom stereocenters. The lowest BCUT2D eigenvalue weighted by Gasteiger charge is -2.07. The molecular formula is C21H28NO4P. The Hall–Kier alpha value is -2.13. The van der Waals surface area contributed by atoms with Crippen molar-refractivity contribution >= 4 is 20.5 Å². The number of aliphatic carboxylic acids is 1. The molecule has 6 heteroatoms. The zero-order valence-electron chi connectivity index (χ0n) is 15.9. The second-order valence-electron chi connectivity index (χ2n) is 6.50. The van der Waals surface area contributed by atoms with Crippen LogP contribution in [0.25, 0.3) is 0 Å². The Labute approximate surface area is 162 Å². The summed E-state index contributed by atoms with van der Waals surface area (Å²) >= 11 is 0. The monoisotopic (exact) mass is 389 g/mol. The molecule has 1 heterocycles. The van der Waals surface area contributed by atoms with Crippen LogP contribution in [0.3, 0.4) is 0 Å². The number of hydrogen-bond acceptors (Lipinski definition) is 4. The minimum Gasteiger partial charge on any atom is -0.493 e. The predicted molar refractivity (Wildman–Crippen MR) is 109 cm³/mol. The quantitative estimate of drug-likeness (QED) is 0.397. The summed E-state index contributed by atoms with van der Waals surface area (Å²) in [6.45, 7) is 2.51. The maximum absolute atomic E-state index is 10.5. The Balaban J connectivity index is 1.70. The summed E-state index contributed by atoms with van der Waals surface area (Å²) in [6, 6.07) is 8.12. The number of oxazole rings is 1.